The number of benzene rings is 2. The van der Waals surface area contributed by atoms with Crippen LogP contribution in [0.25, 0.3) is 0 Å². The van der Waals surface area contributed by atoms with Gasteiger partial charge in [0.15, 0.2) is 9.84 Å². The molecule has 1 amide bonds. The molecule has 0 bridgehead atoms. The first-order valence-corrected chi connectivity index (χ1v) is 12.2. The summed E-state index contributed by atoms with van der Waals surface area (Å²) in [4.78, 5) is 16.7. The van der Waals surface area contributed by atoms with Crippen LogP contribution in [0, 0.1) is 0 Å². The zero-order valence-electron chi connectivity index (χ0n) is 16.9. The summed E-state index contributed by atoms with van der Waals surface area (Å²) in [7, 11) is -3.57. The second-order valence-electron chi connectivity index (χ2n) is 7.48. The van der Waals surface area contributed by atoms with E-state index in [-0.39, 0.29) is 5.75 Å². The van der Waals surface area contributed by atoms with Crippen molar-refractivity contribution in [2.45, 2.75) is 32.1 Å². The fraction of sp³-hybridized carbons (Fsp3) is 0.273. The topological polar surface area (TPSA) is 81.1 Å². The third-order valence-corrected chi connectivity index (χ3v) is 6.48. The molecular weight excluding hydrogens is 466 g/mol. The minimum absolute atomic E-state index is 0.174. The second kappa shape index (κ2) is 9.57. The lowest BCUT2D eigenvalue weighted by Crippen LogP contribution is -2.24. The van der Waals surface area contributed by atoms with Crippen LogP contribution in [0.3, 0.4) is 0 Å². The molecule has 0 aliphatic rings. The Morgan fingerprint density at radius 1 is 1.13 bits per heavy atom. The van der Waals surface area contributed by atoms with Gasteiger partial charge in [0.05, 0.1) is 5.75 Å². The van der Waals surface area contributed by atoms with E-state index in [1.807, 2.05) is 24.4 Å². The van der Waals surface area contributed by atoms with Crippen LogP contribution in [-0.2, 0) is 26.9 Å². The Morgan fingerprint density at radius 2 is 1.87 bits per heavy atom. The molecule has 0 unspecified atom stereocenters. The van der Waals surface area contributed by atoms with Crippen LogP contribution in [0.5, 0.6) is 0 Å². The van der Waals surface area contributed by atoms with Gasteiger partial charge in [0, 0.05) is 35.0 Å². The summed E-state index contributed by atoms with van der Waals surface area (Å²) in [6.45, 7) is 4.80. The minimum Gasteiger partial charge on any atom is -0.330 e. The molecule has 3 aromatic rings. The van der Waals surface area contributed by atoms with E-state index in [0.717, 1.165) is 15.9 Å². The smallest absolute Gasteiger partial charge is 0.239 e. The van der Waals surface area contributed by atoms with Gasteiger partial charge in [-0.3, -0.25) is 4.79 Å². The largest absolute Gasteiger partial charge is 0.330 e. The molecule has 0 aliphatic heterocycles. The number of rotatable bonds is 8. The van der Waals surface area contributed by atoms with Gasteiger partial charge in [-0.2, -0.15) is 0 Å². The quantitative estimate of drug-likeness (QED) is 0.509. The molecule has 8 heteroatoms. The van der Waals surface area contributed by atoms with Gasteiger partial charge >= 0.3 is 0 Å². The minimum atomic E-state index is -3.57. The Bertz CT molecular complexity index is 1120. The molecule has 0 aliphatic carbocycles. The highest BCUT2D eigenvalue weighted by atomic mass is 79.9. The van der Waals surface area contributed by atoms with Gasteiger partial charge < -0.3 is 9.88 Å². The molecule has 158 valence electrons. The number of carbonyl (C=O) groups excluding carboxylic acids is 1. The Balaban J connectivity index is 1.63. The molecule has 0 radical (unpaired) electrons. The number of aromatic nitrogens is 2. The lowest BCUT2D eigenvalue weighted by Gasteiger charge is -2.12. The van der Waals surface area contributed by atoms with Crippen molar-refractivity contribution in [3.63, 3.8) is 0 Å². The summed E-state index contributed by atoms with van der Waals surface area (Å²) in [5.74, 6) is 0.00983. The van der Waals surface area contributed by atoms with Gasteiger partial charge in [0.1, 0.15) is 11.6 Å². The normalized spacial score (nSPS) is 11.6. The van der Waals surface area contributed by atoms with Crippen molar-refractivity contribution >= 4 is 37.4 Å². The molecule has 0 fully saturated rings. The Labute approximate surface area is 185 Å². The van der Waals surface area contributed by atoms with Gasteiger partial charge in [0.2, 0.25) is 5.91 Å². The zero-order valence-corrected chi connectivity index (χ0v) is 19.3. The van der Waals surface area contributed by atoms with Crippen LogP contribution >= 0.6 is 15.9 Å². The van der Waals surface area contributed by atoms with Crippen molar-refractivity contribution in [1.29, 1.82) is 0 Å². The summed E-state index contributed by atoms with van der Waals surface area (Å²) in [5.41, 5.74) is 2.21. The number of hydrogen-bond donors (Lipinski definition) is 1. The first kappa shape index (κ1) is 22.2. The number of halogens is 1. The third-order valence-electron chi connectivity index (χ3n) is 4.48. The molecule has 1 aromatic heterocycles. The SMILES string of the molecule is CC(C)c1nccn1Cc1cccc(NC(=O)CS(=O)(=O)Cc2ccc(Br)cc2)c1. The van der Waals surface area contributed by atoms with E-state index in [1.54, 1.807) is 36.5 Å². The second-order valence-corrected chi connectivity index (χ2v) is 10.5. The van der Waals surface area contributed by atoms with Gasteiger partial charge in [-0.25, -0.2) is 13.4 Å². The standard InChI is InChI=1S/C22H24BrN3O3S/c1-16(2)22-24-10-11-26(22)13-18-4-3-5-20(12-18)25-21(27)15-30(28,29)14-17-6-8-19(23)9-7-17/h3-12,16H,13-15H2,1-2H3,(H,25,27). The van der Waals surface area contributed by atoms with Gasteiger partial charge in [-0.1, -0.05) is 54.0 Å². The van der Waals surface area contributed by atoms with Crippen molar-refractivity contribution in [3.05, 3.63) is 82.3 Å². The predicted molar refractivity (Wildman–Crippen MR) is 122 cm³/mol. The first-order chi connectivity index (χ1) is 14.2. The maximum atomic E-state index is 12.4. The highest BCUT2D eigenvalue weighted by Gasteiger charge is 2.18. The number of carbonyl (C=O) groups is 1. The van der Waals surface area contributed by atoms with Crippen LogP contribution in [0.2, 0.25) is 0 Å². The average Bonchev–Trinajstić information content (AvgIpc) is 3.11. The van der Waals surface area contributed by atoms with E-state index in [2.05, 4.69) is 44.6 Å². The van der Waals surface area contributed by atoms with Crippen molar-refractivity contribution in [2.24, 2.45) is 0 Å². The van der Waals surface area contributed by atoms with Crippen LogP contribution in [0.1, 0.15) is 36.7 Å². The van der Waals surface area contributed by atoms with Crippen LogP contribution in [0.15, 0.2) is 65.4 Å². The number of imidazole rings is 1. The monoisotopic (exact) mass is 489 g/mol. The summed E-state index contributed by atoms with van der Waals surface area (Å²) >= 11 is 3.32. The molecule has 0 saturated heterocycles. The van der Waals surface area contributed by atoms with E-state index in [4.69, 9.17) is 0 Å². The molecule has 1 N–H and O–H groups in total. The van der Waals surface area contributed by atoms with E-state index < -0.39 is 21.5 Å². The molecule has 6 nitrogen and oxygen atoms in total. The maximum absolute atomic E-state index is 12.4. The van der Waals surface area contributed by atoms with Crippen molar-refractivity contribution < 1.29 is 13.2 Å². The number of hydrogen-bond acceptors (Lipinski definition) is 4. The highest BCUT2D eigenvalue weighted by molar-refractivity contribution is 9.10. The van der Waals surface area contributed by atoms with E-state index in [0.29, 0.717) is 23.7 Å². The Morgan fingerprint density at radius 3 is 2.57 bits per heavy atom. The average molecular weight is 490 g/mol. The molecule has 0 spiro atoms. The van der Waals surface area contributed by atoms with Crippen LogP contribution < -0.4 is 5.32 Å². The molecule has 0 atom stereocenters. The van der Waals surface area contributed by atoms with Crippen molar-refractivity contribution in [2.75, 3.05) is 11.1 Å². The summed E-state index contributed by atoms with van der Waals surface area (Å²) in [6, 6.07) is 14.4. The van der Waals surface area contributed by atoms with E-state index in [1.165, 1.54) is 0 Å². The lowest BCUT2D eigenvalue weighted by molar-refractivity contribution is -0.113. The van der Waals surface area contributed by atoms with Gasteiger partial charge in [-0.15, -0.1) is 0 Å². The van der Waals surface area contributed by atoms with Crippen LogP contribution in [0.4, 0.5) is 5.69 Å². The lowest BCUT2D eigenvalue weighted by atomic mass is 10.1. The van der Waals surface area contributed by atoms with Crippen molar-refractivity contribution in [1.82, 2.24) is 9.55 Å². The molecular formula is C22H24BrN3O3S. The number of amides is 1. The molecule has 3 rings (SSSR count). The fourth-order valence-electron chi connectivity index (χ4n) is 3.18. The third kappa shape index (κ3) is 6.27. The number of anilines is 1. The number of nitrogens with one attached hydrogen (secondary N) is 1. The fourth-order valence-corrected chi connectivity index (χ4v) is 4.72. The summed E-state index contributed by atoms with van der Waals surface area (Å²) in [6.07, 6.45) is 3.70. The number of sulfone groups is 1. The Hall–Kier alpha value is -2.45. The van der Waals surface area contributed by atoms with Crippen LogP contribution in [-0.4, -0.2) is 29.6 Å². The Kier molecular flexibility index (Phi) is 7.10. The van der Waals surface area contributed by atoms with Gasteiger partial charge in [0.25, 0.3) is 0 Å². The summed E-state index contributed by atoms with van der Waals surface area (Å²) < 4.78 is 27.7. The first-order valence-electron chi connectivity index (χ1n) is 9.56. The molecule has 1 heterocycles. The maximum Gasteiger partial charge on any atom is 0.239 e. The van der Waals surface area contributed by atoms with E-state index in [9.17, 15) is 13.2 Å². The van der Waals surface area contributed by atoms with Gasteiger partial charge in [-0.05, 0) is 35.4 Å². The van der Waals surface area contributed by atoms with Crippen molar-refractivity contribution in [3.8, 4) is 0 Å². The zero-order chi connectivity index (χ0) is 21.7. The number of nitrogens with zero attached hydrogens (tertiary/aromatic N) is 2. The highest BCUT2D eigenvalue weighted by Crippen LogP contribution is 2.17. The molecule has 30 heavy (non-hydrogen) atoms. The predicted octanol–water partition coefficient (Wildman–Crippen LogP) is 4.37. The molecule has 0 saturated carbocycles. The van der Waals surface area contributed by atoms with E-state index >= 15 is 0 Å². The summed E-state index contributed by atoms with van der Waals surface area (Å²) in [5, 5.41) is 2.70. The molecule has 2 aromatic carbocycles.